The number of hydrogen-bond acceptors (Lipinski definition) is 3. The lowest BCUT2D eigenvalue weighted by Gasteiger charge is -2.22. The molecule has 0 saturated heterocycles. The van der Waals surface area contributed by atoms with Gasteiger partial charge in [-0.1, -0.05) is 13.3 Å². The van der Waals surface area contributed by atoms with Crippen molar-refractivity contribution in [2.75, 3.05) is 13.1 Å². The van der Waals surface area contributed by atoms with Crippen LogP contribution in [0.4, 0.5) is 0 Å². The minimum absolute atomic E-state index is 0.0454. The van der Waals surface area contributed by atoms with Gasteiger partial charge in [0, 0.05) is 25.9 Å². The zero-order valence-electron chi connectivity index (χ0n) is 9.95. The maximum atomic E-state index is 12.0. The van der Waals surface area contributed by atoms with E-state index in [9.17, 15) is 9.59 Å². The Morgan fingerprint density at radius 1 is 1.44 bits per heavy atom. The molecule has 0 spiro atoms. The van der Waals surface area contributed by atoms with Crippen molar-refractivity contribution in [1.82, 2.24) is 10.3 Å². The zero-order chi connectivity index (χ0) is 12.0. The normalized spacial score (nSPS) is 15.4. The molecule has 0 atom stereocenters. The number of nitrogens with one attached hydrogen (secondary N) is 1. The van der Waals surface area contributed by atoms with Crippen LogP contribution in [-0.2, 0) is 9.59 Å². The summed E-state index contributed by atoms with van der Waals surface area (Å²) in [5, 5.41) is 3.81. The highest BCUT2D eigenvalue weighted by atomic mass is 16.2. The van der Waals surface area contributed by atoms with Gasteiger partial charge >= 0.3 is 0 Å². The van der Waals surface area contributed by atoms with E-state index >= 15 is 0 Å². The van der Waals surface area contributed by atoms with Crippen LogP contribution < -0.4 is 5.43 Å². The number of hydrazone groups is 1. The Morgan fingerprint density at radius 3 is 2.69 bits per heavy atom. The van der Waals surface area contributed by atoms with Crippen molar-refractivity contribution in [1.29, 1.82) is 0 Å². The number of carbonyl (C=O) groups is 2. The summed E-state index contributed by atoms with van der Waals surface area (Å²) in [6, 6.07) is 0. The van der Waals surface area contributed by atoms with E-state index in [1.165, 1.54) is 0 Å². The largest absolute Gasteiger partial charge is 0.338 e. The van der Waals surface area contributed by atoms with Crippen molar-refractivity contribution in [3.63, 3.8) is 0 Å². The van der Waals surface area contributed by atoms with Crippen LogP contribution in [0.5, 0.6) is 0 Å². The number of unbranched alkanes of at least 4 members (excludes halogenated alkanes) is 1. The Hall–Kier alpha value is -1.39. The molecule has 5 heteroatoms. The van der Waals surface area contributed by atoms with E-state index in [1.807, 2.05) is 6.92 Å². The summed E-state index contributed by atoms with van der Waals surface area (Å²) >= 11 is 0. The van der Waals surface area contributed by atoms with Crippen LogP contribution in [0.1, 0.15) is 39.5 Å². The summed E-state index contributed by atoms with van der Waals surface area (Å²) in [5.74, 6) is -0.163. The van der Waals surface area contributed by atoms with E-state index < -0.39 is 0 Å². The van der Waals surface area contributed by atoms with Crippen molar-refractivity contribution in [3.8, 4) is 0 Å². The van der Waals surface area contributed by atoms with Gasteiger partial charge in [-0.05, 0) is 13.3 Å². The first kappa shape index (κ1) is 12.7. The molecule has 0 saturated carbocycles. The average Bonchev–Trinajstić information content (AvgIpc) is 2.30. The Balaban J connectivity index is 2.57. The first-order valence-electron chi connectivity index (χ1n) is 5.83. The van der Waals surface area contributed by atoms with E-state index in [4.69, 9.17) is 0 Å². The van der Waals surface area contributed by atoms with Crippen LogP contribution in [-0.4, -0.2) is 35.5 Å². The van der Waals surface area contributed by atoms with Gasteiger partial charge in [-0.15, -0.1) is 0 Å². The average molecular weight is 225 g/mol. The quantitative estimate of drug-likeness (QED) is 0.755. The fourth-order valence-corrected chi connectivity index (χ4v) is 1.56. The molecule has 90 valence electrons. The molecule has 0 aromatic carbocycles. The second kappa shape index (κ2) is 6.25. The van der Waals surface area contributed by atoms with E-state index in [1.54, 1.807) is 4.90 Å². The predicted octanol–water partition coefficient (Wildman–Crippen LogP) is 0.901. The van der Waals surface area contributed by atoms with Gasteiger partial charge in [0.2, 0.25) is 5.91 Å². The fourth-order valence-electron chi connectivity index (χ4n) is 1.56. The lowest BCUT2D eigenvalue weighted by Crippen LogP contribution is -2.40. The molecule has 0 aromatic rings. The number of amides is 2. The Morgan fingerprint density at radius 2 is 2.19 bits per heavy atom. The zero-order valence-corrected chi connectivity index (χ0v) is 9.95. The number of rotatable bonds is 5. The molecule has 16 heavy (non-hydrogen) atoms. The molecule has 1 N–H and O–H groups in total. The molecule has 2 amide bonds. The van der Waals surface area contributed by atoms with Crippen molar-refractivity contribution in [3.05, 3.63) is 0 Å². The number of hydrogen-bond donors (Lipinski definition) is 1. The van der Waals surface area contributed by atoms with Crippen LogP contribution in [0.25, 0.3) is 0 Å². The van der Waals surface area contributed by atoms with Crippen LogP contribution in [0.3, 0.4) is 0 Å². The van der Waals surface area contributed by atoms with Gasteiger partial charge in [0.25, 0.3) is 5.91 Å². The highest BCUT2D eigenvalue weighted by Crippen LogP contribution is 2.04. The molecule has 1 rings (SSSR count). The number of nitrogens with zero attached hydrogens (tertiary/aromatic N) is 2. The third kappa shape index (κ3) is 3.32. The molecule has 0 bridgehead atoms. The number of carbonyl (C=O) groups excluding carboxylic acids is 2. The van der Waals surface area contributed by atoms with E-state index in [0.717, 1.165) is 19.4 Å². The second-order valence-electron chi connectivity index (χ2n) is 3.83. The molecule has 0 aromatic heterocycles. The third-order valence-corrected chi connectivity index (χ3v) is 2.60. The van der Waals surface area contributed by atoms with Crippen LogP contribution >= 0.6 is 0 Å². The van der Waals surface area contributed by atoms with Gasteiger partial charge in [-0.3, -0.25) is 9.59 Å². The lowest BCUT2D eigenvalue weighted by atomic mass is 10.1. The highest BCUT2D eigenvalue weighted by Gasteiger charge is 2.22. The standard InChI is InChI=1S/C11H19N3O2/c1-3-5-8-14(4-2)11(16)9-6-7-10(15)13-12-9/h3-8H2,1-2H3,(H,13,15). The van der Waals surface area contributed by atoms with Crippen LogP contribution in [0.2, 0.25) is 0 Å². The molecule has 1 aliphatic rings. The van der Waals surface area contributed by atoms with Gasteiger partial charge in [0.05, 0.1) is 0 Å². The van der Waals surface area contributed by atoms with Gasteiger partial charge in [0.15, 0.2) is 0 Å². The van der Waals surface area contributed by atoms with Crippen molar-refractivity contribution < 1.29 is 9.59 Å². The molecule has 1 aliphatic heterocycles. The molecule has 0 fully saturated rings. The first-order chi connectivity index (χ1) is 7.69. The van der Waals surface area contributed by atoms with Crippen molar-refractivity contribution in [2.24, 2.45) is 5.10 Å². The SMILES string of the molecule is CCCCN(CC)C(=O)C1=NNC(=O)CC1. The fraction of sp³-hybridized carbons (Fsp3) is 0.727. The van der Waals surface area contributed by atoms with Gasteiger partial charge in [0.1, 0.15) is 5.71 Å². The molecule has 5 nitrogen and oxygen atoms in total. The molecular formula is C11H19N3O2. The van der Waals surface area contributed by atoms with E-state index in [-0.39, 0.29) is 11.8 Å². The first-order valence-corrected chi connectivity index (χ1v) is 5.83. The van der Waals surface area contributed by atoms with Gasteiger partial charge in [-0.25, -0.2) is 5.43 Å². The Kier molecular flexibility index (Phi) is 4.95. The Bertz CT molecular complexity index is 300. The molecule has 0 unspecified atom stereocenters. The second-order valence-corrected chi connectivity index (χ2v) is 3.83. The summed E-state index contributed by atoms with van der Waals surface area (Å²) in [6.07, 6.45) is 2.87. The minimum Gasteiger partial charge on any atom is -0.338 e. The van der Waals surface area contributed by atoms with Crippen molar-refractivity contribution >= 4 is 17.5 Å². The molecule has 1 heterocycles. The van der Waals surface area contributed by atoms with Crippen molar-refractivity contribution in [2.45, 2.75) is 39.5 Å². The monoisotopic (exact) mass is 225 g/mol. The van der Waals surface area contributed by atoms with Crippen LogP contribution in [0, 0.1) is 0 Å². The summed E-state index contributed by atoms with van der Waals surface area (Å²) in [7, 11) is 0. The van der Waals surface area contributed by atoms with Gasteiger partial charge in [-0.2, -0.15) is 5.10 Å². The van der Waals surface area contributed by atoms with Crippen LogP contribution in [0.15, 0.2) is 5.10 Å². The summed E-state index contributed by atoms with van der Waals surface area (Å²) in [5.41, 5.74) is 2.82. The van der Waals surface area contributed by atoms with E-state index in [0.29, 0.717) is 25.1 Å². The lowest BCUT2D eigenvalue weighted by molar-refractivity contribution is -0.124. The topological polar surface area (TPSA) is 61.8 Å². The highest BCUT2D eigenvalue weighted by molar-refractivity contribution is 6.39. The third-order valence-electron chi connectivity index (χ3n) is 2.60. The molecular weight excluding hydrogens is 206 g/mol. The maximum Gasteiger partial charge on any atom is 0.270 e. The van der Waals surface area contributed by atoms with E-state index in [2.05, 4.69) is 17.5 Å². The Labute approximate surface area is 95.9 Å². The summed E-state index contributed by atoms with van der Waals surface area (Å²) in [6.45, 7) is 5.50. The smallest absolute Gasteiger partial charge is 0.270 e. The summed E-state index contributed by atoms with van der Waals surface area (Å²) < 4.78 is 0. The predicted molar refractivity (Wildman–Crippen MR) is 62.0 cm³/mol. The molecule has 0 radical (unpaired) electrons. The minimum atomic E-state index is -0.117. The maximum absolute atomic E-state index is 12.0. The summed E-state index contributed by atoms with van der Waals surface area (Å²) in [4.78, 5) is 24.7. The van der Waals surface area contributed by atoms with Gasteiger partial charge < -0.3 is 4.90 Å². The molecule has 0 aliphatic carbocycles.